The average molecular weight is 493 g/mol. The van der Waals surface area contributed by atoms with Crippen molar-refractivity contribution in [1.82, 2.24) is 19.5 Å². The molecule has 0 aliphatic carbocycles. The van der Waals surface area contributed by atoms with Crippen LogP contribution in [0.4, 0.5) is 24.8 Å². The first-order valence-corrected chi connectivity index (χ1v) is 10.8. The van der Waals surface area contributed by atoms with E-state index >= 15 is 0 Å². The largest absolute Gasteiger partial charge is 0.417 e. The molecule has 1 fully saturated rings. The number of aromatic nitrogens is 4. The molecule has 5 rings (SSSR count). The van der Waals surface area contributed by atoms with Crippen molar-refractivity contribution in [3.05, 3.63) is 82.2 Å². The van der Waals surface area contributed by atoms with E-state index in [9.17, 15) is 28.3 Å². The third-order valence-corrected chi connectivity index (χ3v) is 6.06. The number of nitrogens with zero attached hydrogens (tertiary/aromatic N) is 6. The molecule has 36 heavy (non-hydrogen) atoms. The molecule has 2 aromatic carbocycles. The smallest absolute Gasteiger partial charge is 0.391 e. The fourth-order valence-corrected chi connectivity index (χ4v) is 4.54. The number of halogens is 3. The maximum atomic E-state index is 13.8. The Morgan fingerprint density at radius 2 is 1.86 bits per heavy atom. The summed E-state index contributed by atoms with van der Waals surface area (Å²) >= 11 is 0. The van der Waals surface area contributed by atoms with Crippen LogP contribution in [0.1, 0.15) is 29.4 Å². The number of benzene rings is 2. The number of alkyl halides is 3. The fourth-order valence-electron chi connectivity index (χ4n) is 4.54. The Morgan fingerprint density at radius 3 is 2.56 bits per heavy atom. The molecular weight excluding hydrogens is 475 g/mol. The lowest BCUT2D eigenvalue weighted by Gasteiger charge is -2.28. The summed E-state index contributed by atoms with van der Waals surface area (Å²) in [7, 11) is 0. The maximum Gasteiger partial charge on any atom is 0.417 e. The molecule has 4 aromatic rings. The average Bonchev–Trinajstić information content (AvgIpc) is 3.24. The van der Waals surface area contributed by atoms with E-state index in [1.807, 2.05) is 6.07 Å². The zero-order valence-corrected chi connectivity index (χ0v) is 18.5. The van der Waals surface area contributed by atoms with Crippen molar-refractivity contribution in [3.63, 3.8) is 0 Å². The zero-order chi connectivity index (χ0) is 25.6. The van der Waals surface area contributed by atoms with Crippen molar-refractivity contribution in [2.24, 2.45) is 0 Å². The van der Waals surface area contributed by atoms with Crippen LogP contribution in [0.2, 0.25) is 0 Å². The summed E-state index contributed by atoms with van der Waals surface area (Å²) in [6.45, 7) is 0.0289. The Balaban J connectivity index is 1.82. The third-order valence-electron chi connectivity index (χ3n) is 6.06. The number of nitrogen functional groups attached to an aromatic ring is 1. The monoisotopic (exact) mass is 493 g/mol. The van der Waals surface area contributed by atoms with Gasteiger partial charge in [0.25, 0.3) is 5.56 Å². The van der Waals surface area contributed by atoms with Gasteiger partial charge in [-0.3, -0.25) is 9.36 Å². The molecule has 9 nitrogen and oxygen atoms in total. The normalized spacial score (nSPS) is 17.9. The Labute approximate surface area is 201 Å². The Bertz CT molecular complexity index is 1560. The summed E-state index contributed by atoms with van der Waals surface area (Å²) in [5.41, 5.74) is 4.00. The molecule has 0 saturated carbocycles. The first-order chi connectivity index (χ1) is 17.2. The topological polar surface area (TPSA) is 134 Å². The number of aliphatic hydroxyl groups is 1. The van der Waals surface area contributed by atoms with E-state index in [1.165, 1.54) is 18.5 Å². The van der Waals surface area contributed by atoms with Crippen LogP contribution in [0, 0.1) is 11.3 Å². The van der Waals surface area contributed by atoms with E-state index in [4.69, 9.17) is 5.73 Å². The molecule has 3 N–H and O–H groups in total. The Kier molecular flexibility index (Phi) is 5.57. The predicted octanol–water partition coefficient (Wildman–Crippen LogP) is 2.96. The van der Waals surface area contributed by atoms with Gasteiger partial charge < -0.3 is 15.7 Å². The zero-order valence-electron chi connectivity index (χ0n) is 18.5. The second kappa shape index (κ2) is 8.62. The number of anilines is 2. The summed E-state index contributed by atoms with van der Waals surface area (Å²) in [4.78, 5) is 27.8. The van der Waals surface area contributed by atoms with E-state index in [0.29, 0.717) is 5.69 Å². The molecule has 2 atom stereocenters. The van der Waals surface area contributed by atoms with Gasteiger partial charge in [-0.25, -0.2) is 15.0 Å². The number of aliphatic hydroxyl groups excluding tert-OH is 1. The molecule has 0 unspecified atom stereocenters. The minimum atomic E-state index is -4.77. The van der Waals surface area contributed by atoms with E-state index < -0.39 is 34.8 Å². The molecule has 1 aliphatic rings. The third kappa shape index (κ3) is 3.79. The van der Waals surface area contributed by atoms with Gasteiger partial charge in [0, 0.05) is 13.0 Å². The van der Waals surface area contributed by atoms with Gasteiger partial charge in [-0.05, 0) is 24.3 Å². The second-order valence-electron chi connectivity index (χ2n) is 8.27. The van der Waals surface area contributed by atoms with Gasteiger partial charge in [-0.1, -0.05) is 24.3 Å². The van der Waals surface area contributed by atoms with Crippen LogP contribution in [0.5, 0.6) is 0 Å². The minimum absolute atomic E-state index is 0.0228. The predicted molar refractivity (Wildman–Crippen MR) is 124 cm³/mol. The van der Waals surface area contributed by atoms with E-state index in [-0.39, 0.29) is 41.5 Å². The quantitative estimate of drug-likeness (QED) is 0.445. The molecule has 1 aliphatic heterocycles. The van der Waals surface area contributed by atoms with Crippen LogP contribution in [-0.2, 0) is 6.18 Å². The molecule has 0 bridgehead atoms. The second-order valence-corrected chi connectivity index (χ2v) is 8.27. The van der Waals surface area contributed by atoms with Gasteiger partial charge in [-0.2, -0.15) is 18.4 Å². The first-order valence-electron chi connectivity index (χ1n) is 10.8. The number of hydrogen-bond donors (Lipinski definition) is 2. The minimum Gasteiger partial charge on any atom is -0.391 e. The van der Waals surface area contributed by atoms with E-state index in [1.54, 1.807) is 35.2 Å². The number of fused-ring (bicyclic) bond motifs is 1. The summed E-state index contributed by atoms with van der Waals surface area (Å²) < 4.78 is 42.6. The molecule has 0 radical (unpaired) electrons. The molecule has 2 aromatic heterocycles. The number of rotatable bonds is 3. The molecule has 182 valence electrons. The van der Waals surface area contributed by atoms with Gasteiger partial charge >= 0.3 is 6.18 Å². The lowest BCUT2D eigenvalue weighted by atomic mass is 10.1. The van der Waals surface area contributed by atoms with Crippen molar-refractivity contribution >= 4 is 22.5 Å². The lowest BCUT2D eigenvalue weighted by Crippen LogP contribution is -2.33. The highest BCUT2D eigenvalue weighted by molar-refractivity contribution is 5.82. The summed E-state index contributed by atoms with van der Waals surface area (Å²) in [6, 6.07) is 12.7. The van der Waals surface area contributed by atoms with E-state index in [2.05, 4.69) is 15.0 Å². The van der Waals surface area contributed by atoms with Crippen molar-refractivity contribution in [2.75, 3.05) is 17.2 Å². The van der Waals surface area contributed by atoms with Crippen molar-refractivity contribution in [3.8, 4) is 11.8 Å². The number of nitrogens with two attached hydrogens (primary N) is 1. The van der Waals surface area contributed by atoms with Gasteiger partial charge in [0.1, 0.15) is 29.6 Å². The van der Waals surface area contributed by atoms with Crippen LogP contribution in [-0.4, -0.2) is 37.3 Å². The standard InChI is InChI=1S/C24H18F3N7O2/c25-24(26,27)16-7-4-8-17-19(16)23(36)34(13-5-2-1-3-6-13)22(32-17)18-9-14(35)11-33(18)21-15(10-28)20(29)30-12-31-21/h1-8,12,14,18,35H,9,11H2,(H2,29,30,31)/t14-,18-/m0/s1. The van der Waals surface area contributed by atoms with Crippen LogP contribution < -0.4 is 16.2 Å². The van der Waals surface area contributed by atoms with Crippen molar-refractivity contribution < 1.29 is 18.3 Å². The van der Waals surface area contributed by atoms with Gasteiger partial charge in [0.2, 0.25) is 0 Å². The first kappa shape index (κ1) is 23.3. The number of hydrogen-bond acceptors (Lipinski definition) is 8. The molecule has 3 heterocycles. The van der Waals surface area contributed by atoms with E-state index in [0.717, 1.165) is 10.6 Å². The number of nitriles is 1. The molecule has 0 amide bonds. The molecular formula is C24H18F3N7O2. The summed E-state index contributed by atoms with van der Waals surface area (Å²) in [5.74, 6) is 0.157. The highest BCUT2D eigenvalue weighted by atomic mass is 19.4. The van der Waals surface area contributed by atoms with Gasteiger partial charge in [-0.15, -0.1) is 0 Å². The Morgan fingerprint density at radius 1 is 1.11 bits per heavy atom. The highest BCUT2D eigenvalue weighted by Gasteiger charge is 2.39. The van der Waals surface area contributed by atoms with Crippen molar-refractivity contribution in [1.29, 1.82) is 5.26 Å². The molecule has 12 heteroatoms. The van der Waals surface area contributed by atoms with Crippen LogP contribution >= 0.6 is 0 Å². The summed E-state index contributed by atoms with van der Waals surface area (Å²) in [5, 5.41) is 19.6. The number of para-hydroxylation sites is 1. The van der Waals surface area contributed by atoms with Crippen LogP contribution in [0.3, 0.4) is 0 Å². The molecule has 1 saturated heterocycles. The number of β-amino-alcohol motifs (C(OH)–C–C–N with tert-alkyl or cyclic N) is 1. The van der Waals surface area contributed by atoms with Crippen molar-refractivity contribution in [2.45, 2.75) is 24.7 Å². The van der Waals surface area contributed by atoms with Gasteiger partial charge in [0.05, 0.1) is 34.3 Å². The van der Waals surface area contributed by atoms with Gasteiger partial charge in [0.15, 0.2) is 5.82 Å². The van der Waals surface area contributed by atoms with Crippen LogP contribution in [0.15, 0.2) is 59.7 Å². The highest BCUT2D eigenvalue weighted by Crippen LogP contribution is 2.39. The SMILES string of the molecule is N#Cc1c(N)ncnc1N1C[C@@H](O)C[C@H]1c1nc2cccc(C(F)(F)F)c2c(=O)n1-c1ccccc1. The molecule has 0 spiro atoms. The fraction of sp³-hybridized carbons (Fsp3) is 0.208. The summed E-state index contributed by atoms with van der Waals surface area (Å²) in [6.07, 6.45) is -4.41. The maximum absolute atomic E-state index is 13.8. The lowest BCUT2D eigenvalue weighted by molar-refractivity contribution is -0.136. The Hall–Kier alpha value is -4.50. The van der Waals surface area contributed by atoms with Crippen LogP contribution in [0.25, 0.3) is 16.6 Å².